The Morgan fingerprint density at radius 2 is 2.10 bits per heavy atom. The molecule has 1 saturated heterocycles. The average Bonchev–Trinajstić information content (AvgIpc) is 2.41. The predicted molar refractivity (Wildman–Crippen MR) is 75.3 cm³/mol. The van der Waals surface area contributed by atoms with Crippen molar-refractivity contribution in [1.82, 2.24) is 4.90 Å². The Hall–Kier alpha value is -2.28. The van der Waals surface area contributed by atoms with Crippen LogP contribution in [0.25, 0.3) is 0 Å². The van der Waals surface area contributed by atoms with Crippen molar-refractivity contribution in [2.24, 2.45) is 0 Å². The Morgan fingerprint density at radius 1 is 1.43 bits per heavy atom. The number of benzene rings is 1. The molecule has 0 spiro atoms. The summed E-state index contributed by atoms with van der Waals surface area (Å²) in [6.45, 7) is 2.08. The normalized spacial score (nSPS) is 16.2. The van der Waals surface area contributed by atoms with Gasteiger partial charge in [0.25, 0.3) is 5.91 Å². The number of nitrogens with two attached hydrogens (primary N) is 1. The van der Waals surface area contributed by atoms with Crippen molar-refractivity contribution >= 4 is 17.6 Å². The summed E-state index contributed by atoms with van der Waals surface area (Å²) in [6, 6.07) is 4.88. The molecule has 1 amide bonds. The molecule has 1 aromatic carbocycles. The summed E-state index contributed by atoms with van der Waals surface area (Å²) < 4.78 is 10.3. The van der Waals surface area contributed by atoms with E-state index in [0.29, 0.717) is 30.1 Å². The van der Waals surface area contributed by atoms with Crippen LogP contribution in [0.1, 0.15) is 17.3 Å². The molecule has 3 N–H and O–H groups in total. The van der Waals surface area contributed by atoms with Crippen LogP contribution >= 0.6 is 0 Å². The van der Waals surface area contributed by atoms with Crippen LogP contribution in [0.15, 0.2) is 18.2 Å². The second kappa shape index (κ2) is 5.61. The minimum Gasteiger partial charge on any atom is -0.497 e. The SMILES string of the molecule is COc1ccc(C(=O)N2CC(C)(OCC(=O)O)C2)c(N)c1. The van der Waals surface area contributed by atoms with Crippen molar-refractivity contribution < 1.29 is 24.2 Å². The molecular weight excluding hydrogens is 276 g/mol. The molecule has 7 heteroatoms. The Kier molecular flexibility index (Phi) is 4.04. The van der Waals surface area contributed by atoms with E-state index >= 15 is 0 Å². The summed E-state index contributed by atoms with van der Waals surface area (Å²) in [6.07, 6.45) is 0. The van der Waals surface area contributed by atoms with Crippen LogP contribution < -0.4 is 10.5 Å². The quantitative estimate of drug-likeness (QED) is 0.771. The van der Waals surface area contributed by atoms with E-state index in [1.807, 2.05) is 0 Å². The number of aliphatic carboxylic acids is 1. The fraction of sp³-hybridized carbons (Fsp3) is 0.429. The highest BCUT2D eigenvalue weighted by Crippen LogP contribution is 2.28. The van der Waals surface area contributed by atoms with Crippen molar-refractivity contribution in [1.29, 1.82) is 0 Å². The third kappa shape index (κ3) is 3.25. The predicted octanol–water partition coefficient (Wildman–Crippen LogP) is 0.593. The minimum absolute atomic E-state index is 0.202. The monoisotopic (exact) mass is 294 g/mol. The van der Waals surface area contributed by atoms with E-state index in [1.165, 1.54) is 7.11 Å². The molecule has 7 nitrogen and oxygen atoms in total. The van der Waals surface area contributed by atoms with E-state index in [1.54, 1.807) is 30.0 Å². The lowest BCUT2D eigenvalue weighted by Crippen LogP contribution is -2.63. The van der Waals surface area contributed by atoms with Gasteiger partial charge in [-0.1, -0.05) is 0 Å². The molecule has 0 bridgehead atoms. The zero-order valence-corrected chi connectivity index (χ0v) is 12.0. The Labute approximate surface area is 122 Å². The number of carbonyl (C=O) groups excluding carboxylic acids is 1. The van der Waals surface area contributed by atoms with Gasteiger partial charge in [0.2, 0.25) is 0 Å². The number of carboxylic acids is 1. The average molecular weight is 294 g/mol. The van der Waals surface area contributed by atoms with E-state index < -0.39 is 11.6 Å². The molecule has 0 unspecified atom stereocenters. The van der Waals surface area contributed by atoms with Crippen molar-refractivity contribution in [2.75, 3.05) is 32.5 Å². The fourth-order valence-electron chi connectivity index (χ4n) is 2.26. The number of likely N-dealkylation sites (tertiary alicyclic amines) is 1. The Morgan fingerprint density at radius 3 is 2.62 bits per heavy atom. The number of hydrogen-bond acceptors (Lipinski definition) is 5. The van der Waals surface area contributed by atoms with E-state index in [0.717, 1.165) is 0 Å². The summed E-state index contributed by atoms with van der Waals surface area (Å²) in [4.78, 5) is 24.4. The number of ether oxygens (including phenoxy) is 2. The summed E-state index contributed by atoms with van der Waals surface area (Å²) in [5.41, 5.74) is 5.97. The number of hydrogen-bond donors (Lipinski definition) is 2. The summed E-state index contributed by atoms with van der Waals surface area (Å²) in [5, 5.41) is 8.60. The van der Waals surface area contributed by atoms with Gasteiger partial charge in [-0.2, -0.15) is 0 Å². The molecule has 0 saturated carbocycles. The molecule has 1 heterocycles. The molecule has 1 aromatic rings. The van der Waals surface area contributed by atoms with E-state index in [2.05, 4.69) is 0 Å². The lowest BCUT2D eigenvalue weighted by Gasteiger charge is -2.47. The molecule has 21 heavy (non-hydrogen) atoms. The molecule has 1 aliphatic heterocycles. The van der Waals surface area contributed by atoms with Gasteiger partial charge in [-0.15, -0.1) is 0 Å². The first kappa shape index (κ1) is 15.1. The van der Waals surface area contributed by atoms with Gasteiger partial charge in [0.1, 0.15) is 18.0 Å². The smallest absolute Gasteiger partial charge is 0.329 e. The molecular formula is C14H18N2O5. The lowest BCUT2D eigenvalue weighted by atomic mass is 9.95. The van der Waals surface area contributed by atoms with E-state index in [4.69, 9.17) is 20.3 Å². The molecule has 0 radical (unpaired) electrons. The number of carbonyl (C=O) groups is 2. The van der Waals surface area contributed by atoms with Crippen LogP contribution in [0.4, 0.5) is 5.69 Å². The van der Waals surface area contributed by atoms with Crippen molar-refractivity contribution in [3.8, 4) is 5.75 Å². The standard InChI is InChI=1S/C14H18N2O5/c1-14(21-6-12(17)18)7-16(8-14)13(19)10-4-3-9(20-2)5-11(10)15/h3-5H,6-8,15H2,1-2H3,(H,17,18). The van der Waals surface area contributed by atoms with Gasteiger partial charge in [0, 0.05) is 11.8 Å². The molecule has 1 fully saturated rings. The van der Waals surface area contributed by atoms with Crippen LogP contribution in [0.5, 0.6) is 5.75 Å². The van der Waals surface area contributed by atoms with Gasteiger partial charge < -0.3 is 25.2 Å². The molecule has 2 rings (SSSR count). The molecule has 0 aromatic heterocycles. The van der Waals surface area contributed by atoms with Crippen LogP contribution in [-0.4, -0.2) is 54.3 Å². The fourth-order valence-corrected chi connectivity index (χ4v) is 2.26. The highest BCUT2D eigenvalue weighted by molar-refractivity contribution is 6.00. The largest absolute Gasteiger partial charge is 0.497 e. The van der Waals surface area contributed by atoms with E-state index in [-0.39, 0.29) is 12.5 Å². The molecule has 0 aliphatic carbocycles. The van der Waals surface area contributed by atoms with Gasteiger partial charge in [-0.25, -0.2) is 4.79 Å². The number of rotatable bonds is 5. The summed E-state index contributed by atoms with van der Waals surface area (Å²) in [5.74, 6) is -0.644. The van der Waals surface area contributed by atoms with Crippen molar-refractivity contribution in [3.05, 3.63) is 23.8 Å². The first-order valence-corrected chi connectivity index (χ1v) is 6.43. The third-order valence-corrected chi connectivity index (χ3v) is 3.37. The van der Waals surface area contributed by atoms with Gasteiger partial charge >= 0.3 is 5.97 Å². The molecule has 114 valence electrons. The highest BCUT2D eigenvalue weighted by Gasteiger charge is 2.43. The number of nitrogen functional groups attached to an aromatic ring is 1. The number of methoxy groups -OCH3 is 1. The topological polar surface area (TPSA) is 102 Å². The zero-order chi connectivity index (χ0) is 15.6. The molecule has 1 aliphatic rings. The summed E-state index contributed by atoms with van der Waals surface area (Å²) >= 11 is 0. The maximum atomic E-state index is 12.3. The number of anilines is 1. The number of nitrogens with zero attached hydrogens (tertiary/aromatic N) is 1. The van der Waals surface area contributed by atoms with Gasteiger partial charge in [-0.3, -0.25) is 4.79 Å². The highest BCUT2D eigenvalue weighted by atomic mass is 16.5. The van der Waals surface area contributed by atoms with Gasteiger partial charge in [-0.05, 0) is 19.1 Å². The Balaban J connectivity index is 1.99. The maximum absolute atomic E-state index is 12.3. The summed E-state index contributed by atoms with van der Waals surface area (Å²) in [7, 11) is 1.52. The van der Waals surface area contributed by atoms with Crippen LogP contribution in [-0.2, 0) is 9.53 Å². The minimum atomic E-state index is -1.03. The maximum Gasteiger partial charge on any atom is 0.329 e. The number of carboxylic acid groups (broad SMARTS) is 1. The van der Waals surface area contributed by atoms with E-state index in [9.17, 15) is 9.59 Å². The zero-order valence-electron chi connectivity index (χ0n) is 12.0. The van der Waals surface area contributed by atoms with Crippen molar-refractivity contribution in [3.63, 3.8) is 0 Å². The van der Waals surface area contributed by atoms with Crippen LogP contribution in [0, 0.1) is 0 Å². The second-order valence-corrected chi connectivity index (χ2v) is 5.25. The van der Waals surface area contributed by atoms with Crippen LogP contribution in [0.3, 0.4) is 0 Å². The number of amides is 1. The third-order valence-electron chi connectivity index (χ3n) is 3.37. The van der Waals surface area contributed by atoms with Crippen molar-refractivity contribution in [2.45, 2.75) is 12.5 Å². The first-order chi connectivity index (χ1) is 9.84. The molecule has 0 atom stereocenters. The second-order valence-electron chi connectivity index (χ2n) is 5.25. The first-order valence-electron chi connectivity index (χ1n) is 6.43. The Bertz CT molecular complexity index is 566. The van der Waals surface area contributed by atoms with Crippen LogP contribution in [0.2, 0.25) is 0 Å². The van der Waals surface area contributed by atoms with Gasteiger partial charge in [0.15, 0.2) is 0 Å². The van der Waals surface area contributed by atoms with Gasteiger partial charge in [0.05, 0.1) is 25.8 Å². The lowest BCUT2D eigenvalue weighted by molar-refractivity contribution is -0.159.